The lowest BCUT2D eigenvalue weighted by Gasteiger charge is -2.23. The summed E-state index contributed by atoms with van der Waals surface area (Å²) in [4.78, 5) is 11.9. The zero-order chi connectivity index (χ0) is 20.0. The average Bonchev–Trinajstić information content (AvgIpc) is 3.41. The Bertz CT molecular complexity index is 1070. The second-order valence-corrected chi connectivity index (χ2v) is 7.75. The van der Waals surface area contributed by atoms with E-state index in [-0.39, 0.29) is 0 Å². The molecule has 29 heavy (non-hydrogen) atoms. The summed E-state index contributed by atoms with van der Waals surface area (Å²) in [7, 11) is 3.36. The van der Waals surface area contributed by atoms with Gasteiger partial charge >= 0.3 is 0 Å². The Morgan fingerprint density at radius 2 is 1.69 bits per heavy atom. The van der Waals surface area contributed by atoms with Crippen LogP contribution in [0.1, 0.15) is 24.2 Å². The molecule has 2 aliphatic heterocycles. The molecular formula is C23H26N4O2. The number of nitrogens with zero attached hydrogens (tertiary/aromatic N) is 4. The van der Waals surface area contributed by atoms with Crippen molar-refractivity contribution in [3.05, 3.63) is 42.0 Å². The lowest BCUT2D eigenvalue weighted by atomic mass is 9.95. The summed E-state index contributed by atoms with van der Waals surface area (Å²) in [5, 5.41) is 0. The van der Waals surface area contributed by atoms with Gasteiger partial charge in [0.1, 0.15) is 5.82 Å². The zero-order valence-electron chi connectivity index (χ0n) is 17.2. The largest absolute Gasteiger partial charge is 0.493 e. The molecule has 6 heteroatoms. The molecule has 1 aromatic carbocycles. The summed E-state index contributed by atoms with van der Waals surface area (Å²) in [6, 6.07) is 6.42. The van der Waals surface area contributed by atoms with E-state index in [9.17, 15) is 0 Å². The molecule has 1 fully saturated rings. The molecular weight excluding hydrogens is 364 g/mol. The molecule has 2 aliphatic rings. The first-order chi connectivity index (χ1) is 14.2. The van der Waals surface area contributed by atoms with Gasteiger partial charge in [0.05, 0.1) is 37.5 Å². The minimum absolute atomic E-state index is 0.744. The lowest BCUT2D eigenvalue weighted by molar-refractivity contribution is 0.354. The number of hydrogen-bond acceptors (Lipinski definition) is 5. The molecule has 150 valence electrons. The van der Waals surface area contributed by atoms with Crippen LogP contribution in [0.3, 0.4) is 0 Å². The topological polar surface area (TPSA) is 52.4 Å². The van der Waals surface area contributed by atoms with Gasteiger partial charge < -0.3 is 18.9 Å². The Morgan fingerprint density at radius 3 is 2.45 bits per heavy atom. The highest BCUT2D eigenvalue weighted by Crippen LogP contribution is 2.43. The highest BCUT2D eigenvalue weighted by atomic mass is 16.5. The van der Waals surface area contributed by atoms with Gasteiger partial charge in [0.15, 0.2) is 11.5 Å². The van der Waals surface area contributed by atoms with E-state index in [2.05, 4.69) is 39.6 Å². The fourth-order valence-electron chi connectivity index (χ4n) is 4.60. The van der Waals surface area contributed by atoms with Gasteiger partial charge in [-0.15, -0.1) is 0 Å². The molecule has 1 saturated heterocycles. The van der Waals surface area contributed by atoms with E-state index in [0.29, 0.717) is 0 Å². The molecule has 0 aliphatic carbocycles. The van der Waals surface area contributed by atoms with Crippen molar-refractivity contribution >= 4 is 5.69 Å². The van der Waals surface area contributed by atoms with E-state index in [1.807, 2.05) is 12.4 Å². The maximum atomic E-state index is 5.58. The van der Waals surface area contributed by atoms with Crippen molar-refractivity contribution in [1.29, 1.82) is 0 Å². The van der Waals surface area contributed by atoms with E-state index in [1.54, 1.807) is 14.2 Å². The number of fused-ring (bicyclic) bond motifs is 3. The third-order valence-corrected chi connectivity index (χ3v) is 6.10. The van der Waals surface area contributed by atoms with Crippen molar-refractivity contribution in [2.75, 3.05) is 32.2 Å². The number of aryl methyl sites for hydroxylation is 2. The Morgan fingerprint density at radius 1 is 0.931 bits per heavy atom. The van der Waals surface area contributed by atoms with Crippen molar-refractivity contribution in [3.8, 4) is 34.0 Å². The standard InChI is InChI=1S/C23H26N4O2/c1-15-25-22(17-10-18(14-24-13-17)26-7-4-5-8-26)23-19-12-21(29-3)20(28-2)11-16(19)6-9-27(15)23/h10-14H,4-9H2,1-3H3. The number of aromatic nitrogens is 3. The van der Waals surface area contributed by atoms with Crippen LogP contribution in [0.5, 0.6) is 11.5 Å². The van der Waals surface area contributed by atoms with Crippen LogP contribution < -0.4 is 14.4 Å². The molecule has 0 amide bonds. The number of ether oxygens (including phenoxy) is 2. The summed E-state index contributed by atoms with van der Waals surface area (Å²) in [6.45, 7) is 5.20. The van der Waals surface area contributed by atoms with Crippen LogP contribution in [0.4, 0.5) is 5.69 Å². The van der Waals surface area contributed by atoms with E-state index >= 15 is 0 Å². The second kappa shape index (κ2) is 7.10. The quantitative estimate of drug-likeness (QED) is 0.671. The SMILES string of the molecule is COc1cc2c(cc1OC)-c1c(-c3cncc(N4CCCC4)c3)nc(C)n1CC2. The fourth-order valence-corrected chi connectivity index (χ4v) is 4.60. The summed E-state index contributed by atoms with van der Waals surface area (Å²) in [5.74, 6) is 2.55. The normalized spacial score (nSPS) is 15.2. The van der Waals surface area contributed by atoms with Crippen molar-refractivity contribution in [2.45, 2.75) is 32.7 Å². The molecule has 4 heterocycles. The Balaban J connectivity index is 1.66. The smallest absolute Gasteiger partial charge is 0.161 e. The Labute approximate surface area is 171 Å². The van der Waals surface area contributed by atoms with Crippen molar-refractivity contribution in [1.82, 2.24) is 14.5 Å². The molecule has 0 atom stereocenters. The van der Waals surface area contributed by atoms with Crippen molar-refractivity contribution < 1.29 is 9.47 Å². The van der Waals surface area contributed by atoms with Gasteiger partial charge in [0.2, 0.25) is 0 Å². The predicted octanol–water partition coefficient (Wildman–Crippen LogP) is 4.09. The third-order valence-electron chi connectivity index (χ3n) is 6.10. The predicted molar refractivity (Wildman–Crippen MR) is 114 cm³/mol. The van der Waals surface area contributed by atoms with E-state index < -0.39 is 0 Å². The molecule has 0 radical (unpaired) electrons. The fraction of sp³-hybridized carbons (Fsp3) is 0.391. The van der Waals surface area contributed by atoms with Crippen molar-refractivity contribution in [2.24, 2.45) is 0 Å². The van der Waals surface area contributed by atoms with Crippen LogP contribution in [0, 0.1) is 6.92 Å². The van der Waals surface area contributed by atoms with Gasteiger partial charge in [-0.25, -0.2) is 4.98 Å². The molecule has 5 rings (SSSR count). The van der Waals surface area contributed by atoms with E-state index in [0.717, 1.165) is 65.9 Å². The zero-order valence-corrected chi connectivity index (χ0v) is 17.2. The summed E-state index contributed by atoms with van der Waals surface area (Å²) >= 11 is 0. The number of anilines is 1. The molecule has 0 saturated carbocycles. The molecule has 3 aromatic rings. The summed E-state index contributed by atoms with van der Waals surface area (Å²) < 4.78 is 13.4. The molecule has 6 nitrogen and oxygen atoms in total. The lowest BCUT2D eigenvalue weighted by Crippen LogP contribution is -2.17. The monoisotopic (exact) mass is 390 g/mol. The number of methoxy groups -OCH3 is 2. The Hall–Kier alpha value is -3.02. The van der Waals surface area contributed by atoms with E-state index in [4.69, 9.17) is 14.5 Å². The van der Waals surface area contributed by atoms with Gasteiger partial charge in [-0.2, -0.15) is 0 Å². The van der Waals surface area contributed by atoms with Gasteiger partial charge in [0, 0.05) is 37.0 Å². The molecule has 0 spiro atoms. The number of hydrogen-bond donors (Lipinski definition) is 0. The van der Waals surface area contributed by atoms with Crippen LogP contribution in [-0.2, 0) is 13.0 Å². The maximum Gasteiger partial charge on any atom is 0.161 e. The molecule has 0 bridgehead atoms. The molecule has 0 unspecified atom stereocenters. The number of pyridine rings is 1. The first-order valence-electron chi connectivity index (χ1n) is 10.2. The third kappa shape index (κ3) is 2.94. The summed E-state index contributed by atoms with van der Waals surface area (Å²) in [6.07, 6.45) is 7.34. The van der Waals surface area contributed by atoms with Crippen LogP contribution in [0.25, 0.3) is 22.5 Å². The van der Waals surface area contributed by atoms with Crippen molar-refractivity contribution in [3.63, 3.8) is 0 Å². The van der Waals surface area contributed by atoms with Gasteiger partial charge in [0.25, 0.3) is 0 Å². The highest BCUT2D eigenvalue weighted by molar-refractivity contribution is 5.83. The second-order valence-electron chi connectivity index (χ2n) is 7.75. The maximum absolute atomic E-state index is 5.58. The average molecular weight is 390 g/mol. The van der Waals surface area contributed by atoms with Crippen LogP contribution in [0.2, 0.25) is 0 Å². The van der Waals surface area contributed by atoms with Gasteiger partial charge in [-0.05, 0) is 49.9 Å². The number of rotatable bonds is 4. The first kappa shape index (κ1) is 18.0. The molecule has 0 N–H and O–H groups in total. The molecule has 2 aromatic heterocycles. The van der Waals surface area contributed by atoms with Crippen LogP contribution >= 0.6 is 0 Å². The number of imidazole rings is 1. The van der Waals surface area contributed by atoms with E-state index in [1.165, 1.54) is 24.1 Å². The minimum Gasteiger partial charge on any atom is -0.493 e. The van der Waals surface area contributed by atoms with Gasteiger partial charge in [-0.1, -0.05) is 0 Å². The first-order valence-corrected chi connectivity index (χ1v) is 10.2. The Kier molecular flexibility index (Phi) is 4.42. The van der Waals surface area contributed by atoms with Crippen LogP contribution in [-0.4, -0.2) is 41.8 Å². The summed E-state index contributed by atoms with van der Waals surface area (Å²) in [5.41, 5.74) is 6.81. The highest BCUT2D eigenvalue weighted by Gasteiger charge is 2.26. The van der Waals surface area contributed by atoms with Gasteiger partial charge in [-0.3, -0.25) is 4.98 Å². The minimum atomic E-state index is 0.744. The van der Waals surface area contributed by atoms with Crippen LogP contribution in [0.15, 0.2) is 30.6 Å². The number of benzene rings is 1.